The molecule has 0 heterocycles. The van der Waals surface area contributed by atoms with Crippen molar-refractivity contribution in [1.29, 1.82) is 0 Å². The van der Waals surface area contributed by atoms with Crippen LogP contribution in [-0.4, -0.2) is 22.2 Å². The van der Waals surface area contributed by atoms with Gasteiger partial charge in [0.05, 0.1) is 0 Å². The number of allylic oxidation sites excluding steroid dienone is 1. The van der Waals surface area contributed by atoms with E-state index in [1.165, 1.54) is 0 Å². The zero-order valence-electron chi connectivity index (χ0n) is 5.83. The number of hydrogen-bond donors (Lipinski definition) is 2. The average molecular weight is 213 g/mol. The molecule has 0 saturated carbocycles. The van der Waals surface area contributed by atoms with E-state index >= 15 is 0 Å². The van der Waals surface area contributed by atoms with Gasteiger partial charge in [-0.2, -0.15) is 0 Å². The quantitative estimate of drug-likeness (QED) is 0.693. The highest BCUT2D eigenvalue weighted by atomic mass is 35.5. The van der Waals surface area contributed by atoms with Gasteiger partial charge in [-0.1, -0.05) is 29.3 Å². The number of aliphatic carboxylic acids is 2. The minimum Gasteiger partial charge on any atom is -0.481 e. The van der Waals surface area contributed by atoms with Crippen LogP contribution in [0.25, 0.3) is 0 Å². The maximum absolute atomic E-state index is 10.3. The third-order valence-electron chi connectivity index (χ3n) is 1.10. The van der Waals surface area contributed by atoms with Gasteiger partial charge in [0.15, 0.2) is 5.92 Å². The van der Waals surface area contributed by atoms with Crippen molar-refractivity contribution in [2.45, 2.75) is 6.42 Å². The average Bonchev–Trinajstić information content (AvgIpc) is 1.84. The summed E-state index contributed by atoms with van der Waals surface area (Å²) in [4.78, 5) is 20.5. The molecule has 0 bridgehead atoms. The van der Waals surface area contributed by atoms with Gasteiger partial charge in [0, 0.05) is 0 Å². The molecule has 0 saturated heterocycles. The van der Waals surface area contributed by atoms with E-state index in [4.69, 9.17) is 33.4 Å². The highest BCUT2D eigenvalue weighted by molar-refractivity contribution is 6.55. The van der Waals surface area contributed by atoms with Crippen molar-refractivity contribution < 1.29 is 19.8 Å². The summed E-state index contributed by atoms with van der Waals surface area (Å²) in [6.07, 6.45) is 0.920. The van der Waals surface area contributed by atoms with E-state index < -0.39 is 17.9 Å². The fraction of sp³-hybridized carbons (Fsp3) is 0.333. The first-order valence-electron chi connectivity index (χ1n) is 2.92. The van der Waals surface area contributed by atoms with Crippen LogP contribution in [0.4, 0.5) is 0 Å². The predicted octanol–water partition coefficient (Wildman–Crippen LogP) is 1.48. The van der Waals surface area contributed by atoms with Gasteiger partial charge in [0.25, 0.3) is 0 Å². The second kappa shape index (κ2) is 5.00. The van der Waals surface area contributed by atoms with Crippen LogP contribution in [0.15, 0.2) is 10.6 Å². The molecule has 0 aliphatic rings. The Balaban J connectivity index is 4.25. The third-order valence-corrected chi connectivity index (χ3v) is 1.41. The van der Waals surface area contributed by atoms with Crippen LogP contribution in [0.3, 0.4) is 0 Å². The number of carboxylic acid groups (broad SMARTS) is 2. The van der Waals surface area contributed by atoms with Crippen LogP contribution in [0.5, 0.6) is 0 Å². The maximum atomic E-state index is 10.3. The molecule has 0 fully saturated rings. The molecule has 0 amide bonds. The number of carbonyl (C=O) groups is 2. The first-order chi connectivity index (χ1) is 5.45. The number of hydrogen-bond acceptors (Lipinski definition) is 2. The third kappa shape index (κ3) is 4.20. The van der Waals surface area contributed by atoms with E-state index in [1.54, 1.807) is 0 Å². The lowest BCUT2D eigenvalue weighted by molar-refractivity contribution is -0.154. The fourth-order valence-corrected chi connectivity index (χ4v) is 0.692. The molecule has 0 atom stereocenters. The molecule has 68 valence electrons. The highest BCUT2D eigenvalue weighted by Gasteiger charge is 2.24. The van der Waals surface area contributed by atoms with Gasteiger partial charge in [-0.05, 0) is 6.42 Å². The van der Waals surface area contributed by atoms with Crippen LogP contribution < -0.4 is 0 Å². The van der Waals surface area contributed by atoms with Crippen molar-refractivity contribution >= 4 is 35.1 Å². The SMILES string of the molecule is O=C(O)C(CC=C(Cl)Cl)C(=O)O. The zero-order chi connectivity index (χ0) is 9.72. The van der Waals surface area contributed by atoms with Crippen molar-refractivity contribution in [3.05, 3.63) is 10.6 Å². The molecule has 0 rings (SSSR count). The summed E-state index contributed by atoms with van der Waals surface area (Å²) in [7, 11) is 0. The Labute approximate surface area is 78.4 Å². The smallest absolute Gasteiger partial charge is 0.318 e. The summed E-state index contributed by atoms with van der Waals surface area (Å²) in [5, 5.41) is 16.7. The van der Waals surface area contributed by atoms with Crippen molar-refractivity contribution in [2.24, 2.45) is 5.92 Å². The predicted molar refractivity (Wildman–Crippen MR) is 43.2 cm³/mol. The second-order valence-corrected chi connectivity index (χ2v) is 2.97. The van der Waals surface area contributed by atoms with Gasteiger partial charge in [-0.3, -0.25) is 9.59 Å². The molecule has 0 aromatic heterocycles. The molecule has 4 nitrogen and oxygen atoms in total. The van der Waals surface area contributed by atoms with E-state index in [0.717, 1.165) is 6.08 Å². The Morgan fingerprint density at radius 3 is 1.92 bits per heavy atom. The van der Waals surface area contributed by atoms with Gasteiger partial charge in [-0.15, -0.1) is 0 Å². The van der Waals surface area contributed by atoms with E-state index in [9.17, 15) is 9.59 Å². The fourth-order valence-electron chi connectivity index (χ4n) is 0.514. The summed E-state index contributed by atoms with van der Waals surface area (Å²) in [6, 6.07) is 0. The molecule has 0 aromatic carbocycles. The lowest BCUT2D eigenvalue weighted by atomic mass is 10.1. The lowest BCUT2D eigenvalue weighted by Crippen LogP contribution is -2.22. The molecule has 0 unspecified atom stereocenters. The van der Waals surface area contributed by atoms with Crippen LogP contribution in [0.1, 0.15) is 6.42 Å². The van der Waals surface area contributed by atoms with Crippen molar-refractivity contribution in [3.63, 3.8) is 0 Å². The lowest BCUT2D eigenvalue weighted by Gasteiger charge is -2.01. The molecule has 0 radical (unpaired) electrons. The molecule has 2 N–H and O–H groups in total. The summed E-state index contributed by atoms with van der Waals surface area (Å²) < 4.78 is -0.137. The largest absolute Gasteiger partial charge is 0.481 e. The Hall–Kier alpha value is -0.740. The van der Waals surface area contributed by atoms with Gasteiger partial charge in [0.1, 0.15) is 4.49 Å². The van der Waals surface area contributed by atoms with Crippen molar-refractivity contribution in [1.82, 2.24) is 0 Å². The molecular weight excluding hydrogens is 207 g/mol. The second-order valence-electron chi connectivity index (χ2n) is 1.96. The normalized spacial score (nSPS) is 9.58. The van der Waals surface area contributed by atoms with E-state index in [-0.39, 0.29) is 10.9 Å². The Bertz CT molecular complexity index is 206. The Morgan fingerprint density at radius 2 is 1.67 bits per heavy atom. The topological polar surface area (TPSA) is 74.6 Å². The van der Waals surface area contributed by atoms with Crippen LogP contribution in [0, 0.1) is 5.92 Å². The first kappa shape index (κ1) is 11.3. The summed E-state index contributed by atoms with van der Waals surface area (Å²) in [6.45, 7) is 0. The van der Waals surface area contributed by atoms with Gasteiger partial charge in [0.2, 0.25) is 0 Å². The zero-order valence-corrected chi connectivity index (χ0v) is 7.34. The van der Waals surface area contributed by atoms with Crippen molar-refractivity contribution in [2.75, 3.05) is 0 Å². The van der Waals surface area contributed by atoms with Gasteiger partial charge >= 0.3 is 11.9 Å². The molecule has 0 spiro atoms. The minimum atomic E-state index is -1.49. The number of halogens is 2. The Kier molecular flexibility index (Phi) is 4.70. The molecule has 6 heteroatoms. The molecule has 0 aromatic rings. The monoisotopic (exact) mass is 212 g/mol. The van der Waals surface area contributed by atoms with E-state index in [2.05, 4.69) is 0 Å². The Morgan fingerprint density at radius 1 is 1.25 bits per heavy atom. The summed E-state index contributed by atoms with van der Waals surface area (Å²) in [5.74, 6) is -4.31. The highest BCUT2D eigenvalue weighted by Crippen LogP contribution is 2.12. The summed E-state index contributed by atoms with van der Waals surface area (Å²) >= 11 is 10.3. The number of carboxylic acids is 2. The van der Waals surface area contributed by atoms with Crippen molar-refractivity contribution in [3.8, 4) is 0 Å². The minimum absolute atomic E-state index is 0.137. The summed E-state index contributed by atoms with van der Waals surface area (Å²) in [5.41, 5.74) is 0. The van der Waals surface area contributed by atoms with E-state index in [1.807, 2.05) is 0 Å². The first-order valence-corrected chi connectivity index (χ1v) is 3.67. The van der Waals surface area contributed by atoms with Gasteiger partial charge < -0.3 is 10.2 Å². The maximum Gasteiger partial charge on any atom is 0.318 e. The van der Waals surface area contributed by atoms with Crippen LogP contribution in [0.2, 0.25) is 0 Å². The molecule has 0 aliphatic heterocycles. The van der Waals surface area contributed by atoms with Crippen LogP contribution in [-0.2, 0) is 9.59 Å². The van der Waals surface area contributed by atoms with Crippen LogP contribution >= 0.6 is 23.2 Å². The van der Waals surface area contributed by atoms with E-state index in [0.29, 0.717) is 0 Å². The molecule has 0 aliphatic carbocycles. The molecular formula is C6H6Cl2O4. The van der Waals surface area contributed by atoms with Gasteiger partial charge in [-0.25, -0.2) is 0 Å². The standard InChI is InChI=1S/C6H6Cl2O4/c7-4(8)2-1-3(5(9)10)6(11)12/h2-3H,1H2,(H,9,10)(H,11,12). The number of rotatable bonds is 4. The molecule has 12 heavy (non-hydrogen) atoms.